The van der Waals surface area contributed by atoms with E-state index < -0.39 is 26.8 Å². The van der Waals surface area contributed by atoms with Crippen LogP contribution in [0.15, 0.2) is 18.7 Å². The van der Waals surface area contributed by atoms with Crippen LogP contribution in [-0.4, -0.2) is 77.1 Å². The summed E-state index contributed by atoms with van der Waals surface area (Å²) < 4.78 is 22.8. The molecule has 1 rings (SSSR count). The van der Waals surface area contributed by atoms with Crippen molar-refractivity contribution in [2.75, 3.05) is 0 Å². The van der Waals surface area contributed by atoms with E-state index in [0.717, 1.165) is 10.9 Å². The molecule has 12 heteroatoms. The summed E-state index contributed by atoms with van der Waals surface area (Å²) in [5, 5.41) is 6.04. The number of aliphatic hydroxyl groups is 1. The molecule has 0 unspecified atom stereocenters. The number of aromatic nitrogens is 2. The number of rotatable bonds is 4. The Morgan fingerprint density at radius 2 is 1.65 bits per heavy atom. The van der Waals surface area contributed by atoms with Crippen LogP contribution >= 0.6 is 15.2 Å². The van der Waals surface area contributed by atoms with Crippen molar-refractivity contribution in [1.82, 2.24) is 9.55 Å². The minimum absolute atomic E-state index is 0. The van der Waals surface area contributed by atoms with Gasteiger partial charge in [-0.15, -0.1) is 0 Å². The van der Waals surface area contributed by atoms with Crippen molar-refractivity contribution in [2.45, 2.75) is 11.6 Å². The van der Waals surface area contributed by atoms with Crippen molar-refractivity contribution in [2.24, 2.45) is 0 Å². The monoisotopic (exact) mass is 314 g/mol. The quantitative estimate of drug-likeness (QED) is 0.315. The Bertz CT molecular complexity index is 429. The third-order valence-electron chi connectivity index (χ3n) is 1.89. The predicted molar refractivity (Wildman–Crippen MR) is 59.8 cm³/mol. The molecule has 0 radical (unpaired) electrons. The Balaban J connectivity index is 0.00000256. The van der Waals surface area contributed by atoms with Crippen molar-refractivity contribution >= 4 is 52.9 Å². The zero-order chi connectivity index (χ0) is 12.6. The van der Waals surface area contributed by atoms with E-state index in [1.54, 1.807) is 0 Å². The van der Waals surface area contributed by atoms with Crippen LogP contribution in [0.5, 0.6) is 0 Å². The molecule has 96 valence electrons. The first kappa shape index (κ1) is 17.7. The summed E-state index contributed by atoms with van der Waals surface area (Å²) in [6.45, 7) is -0.957. The molecule has 0 spiro atoms. The van der Waals surface area contributed by atoms with Crippen LogP contribution in [0.1, 0.15) is 0 Å². The van der Waals surface area contributed by atoms with E-state index in [0.29, 0.717) is 0 Å². The second-order valence-electron chi connectivity index (χ2n) is 3.10. The van der Waals surface area contributed by atoms with Crippen LogP contribution in [0.25, 0.3) is 0 Å². The predicted octanol–water partition coefficient (Wildman–Crippen LogP) is -2.03. The van der Waals surface area contributed by atoms with Crippen LogP contribution in [0.4, 0.5) is 0 Å². The molecule has 9 nitrogen and oxygen atoms in total. The molecule has 1 aromatic heterocycles. The second kappa shape index (κ2) is 5.79. The first-order chi connectivity index (χ1) is 7.08. The number of hydrogen-bond donors (Lipinski definition) is 5. The molecule has 0 bridgehead atoms. The van der Waals surface area contributed by atoms with E-state index in [1.807, 2.05) is 0 Å². The fourth-order valence-electron chi connectivity index (χ4n) is 0.979. The zero-order valence-electron chi connectivity index (χ0n) is 7.78. The molecule has 0 aromatic carbocycles. The summed E-state index contributed by atoms with van der Waals surface area (Å²) in [6.07, 6.45) is 3.51. The van der Waals surface area contributed by atoms with Gasteiger partial charge in [-0.25, -0.2) is 4.98 Å². The van der Waals surface area contributed by atoms with Gasteiger partial charge in [-0.05, 0) is 0 Å². The van der Waals surface area contributed by atoms with Gasteiger partial charge in [0.25, 0.3) is 5.08 Å². The average Bonchev–Trinajstić information content (AvgIpc) is 2.52. The third-order valence-corrected chi connectivity index (χ3v) is 5.60. The Labute approximate surface area is 126 Å². The van der Waals surface area contributed by atoms with Gasteiger partial charge >= 0.3 is 52.9 Å². The fourth-order valence-corrected chi connectivity index (χ4v) is 3.03. The Kier molecular flexibility index (Phi) is 6.04. The van der Waals surface area contributed by atoms with Crippen LogP contribution < -0.4 is 0 Å². The third kappa shape index (κ3) is 3.84. The van der Waals surface area contributed by atoms with Crippen LogP contribution in [0.2, 0.25) is 0 Å². The molecule has 0 aliphatic carbocycles. The summed E-state index contributed by atoms with van der Waals surface area (Å²) in [7, 11) is -10.8. The average molecular weight is 314 g/mol. The van der Waals surface area contributed by atoms with Gasteiger partial charge in [-0.3, -0.25) is 9.13 Å². The summed E-state index contributed by atoms with van der Waals surface area (Å²) >= 11 is 0. The molecule has 0 fully saturated rings. The van der Waals surface area contributed by atoms with Crippen molar-refractivity contribution < 1.29 is 33.8 Å². The van der Waals surface area contributed by atoms with Crippen LogP contribution in [0, 0.1) is 0 Å². The summed E-state index contributed by atoms with van der Waals surface area (Å²) in [6, 6.07) is 0. The Morgan fingerprint density at radius 1 is 1.18 bits per heavy atom. The van der Waals surface area contributed by atoms with Gasteiger partial charge < -0.3 is 29.2 Å². The van der Waals surface area contributed by atoms with Gasteiger partial charge in [0, 0.05) is 12.4 Å². The summed E-state index contributed by atoms with van der Waals surface area (Å²) in [4.78, 5) is 38.7. The zero-order valence-corrected chi connectivity index (χ0v) is 9.57. The van der Waals surface area contributed by atoms with Gasteiger partial charge in [0.2, 0.25) is 0 Å². The first-order valence-corrected chi connectivity index (χ1v) is 7.10. The second-order valence-corrected chi connectivity index (χ2v) is 7.11. The maximum absolute atomic E-state index is 10.9. The number of nitrogens with zero attached hydrogens (tertiary/aromatic N) is 2. The Hall–Kier alpha value is 0.730. The molecule has 0 saturated heterocycles. The van der Waals surface area contributed by atoms with E-state index in [-0.39, 0.29) is 37.7 Å². The molecule has 0 saturated carbocycles. The molecule has 1 heterocycles. The van der Waals surface area contributed by atoms with Gasteiger partial charge in [0.05, 0.1) is 12.9 Å². The fraction of sp³-hybridized carbons (Fsp3) is 0.400. The van der Waals surface area contributed by atoms with E-state index in [9.17, 15) is 14.2 Å². The molecule has 5 N–H and O–H groups in total. The standard InChI is InChI=1S/C5H10N2O7P2.Ca.2H/c8-5(15(9,10)11,16(12,13)14)3-7-2-1-6-4-7;;;/h1-2,4,8H,3H2,(H2,9,10,11)(H2,12,13,14);;;. The van der Waals surface area contributed by atoms with Crippen LogP contribution in [0.3, 0.4) is 0 Å². The van der Waals surface area contributed by atoms with E-state index in [2.05, 4.69) is 4.98 Å². The van der Waals surface area contributed by atoms with Gasteiger partial charge in [-0.1, -0.05) is 0 Å². The molecular formula is C5H12CaN2O7P2. The number of imidazole rings is 1. The van der Waals surface area contributed by atoms with Crippen molar-refractivity contribution in [3.05, 3.63) is 18.7 Å². The van der Waals surface area contributed by atoms with E-state index >= 15 is 0 Å². The molecule has 0 atom stereocenters. The first-order valence-electron chi connectivity index (χ1n) is 3.87. The SMILES string of the molecule is O=P(O)(O)C(O)(Cn1ccnc1)P(=O)(O)O.[CaH2]. The van der Waals surface area contributed by atoms with E-state index in [4.69, 9.17) is 19.6 Å². The number of hydrogen-bond acceptors (Lipinski definition) is 4. The molecule has 17 heavy (non-hydrogen) atoms. The Morgan fingerprint density at radius 3 is 1.94 bits per heavy atom. The molecule has 1 aromatic rings. The van der Waals surface area contributed by atoms with Gasteiger partial charge in [0.15, 0.2) is 0 Å². The van der Waals surface area contributed by atoms with Crippen LogP contribution in [-0.2, 0) is 15.7 Å². The molecule has 0 amide bonds. The summed E-state index contributed by atoms with van der Waals surface area (Å²) in [5.74, 6) is 0. The van der Waals surface area contributed by atoms with E-state index in [1.165, 1.54) is 12.4 Å². The molecule has 0 aliphatic rings. The van der Waals surface area contributed by atoms with Crippen molar-refractivity contribution in [3.8, 4) is 0 Å². The van der Waals surface area contributed by atoms with Gasteiger partial charge in [0.1, 0.15) is 0 Å². The topological polar surface area (TPSA) is 153 Å². The molecule has 0 aliphatic heterocycles. The minimum atomic E-state index is -5.41. The maximum atomic E-state index is 10.9. The van der Waals surface area contributed by atoms with Gasteiger partial charge in [-0.2, -0.15) is 0 Å². The summed E-state index contributed by atoms with van der Waals surface area (Å²) in [5.41, 5.74) is 0. The van der Waals surface area contributed by atoms with Crippen molar-refractivity contribution in [1.29, 1.82) is 0 Å². The molecular weight excluding hydrogens is 302 g/mol. The normalized spacial score (nSPS) is 13.2. The van der Waals surface area contributed by atoms with Crippen molar-refractivity contribution in [3.63, 3.8) is 0 Å².